The maximum Gasteiger partial charge on any atom is 0.417 e. The third kappa shape index (κ3) is 4.30. The van der Waals surface area contributed by atoms with Crippen molar-refractivity contribution in [3.63, 3.8) is 0 Å². The molecule has 0 aromatic heterocycles. The maximum absolute atomic E-state index is 12.8. The minimum absolute atomic E-state index is 0.360. The third-order valence-corrected chi connectivity index (χ3v) is 4.39. The molecule has 0 bridgehead atoms. The van der Waals surface area contributed by atoms with Gasteiger partial charge in [-0.2, -0.15) is 17.5 Å². The van der Waals surface area contributed by atoms with Crippen LogP contribution in [0, 0.1) is 0 Å². The molecule has 0 saturated heterocycles. The number of hydrogen-bond acceptors (Lipinski definition) is 3. The number of likely N-dealkylation sites (N-methyl/N-ethyl adjacent to an activating group) is 1. The van der Waals surface area contributed by atoms with E-state index in [-0.39, 0.29) is 6.54 Å². The summed E-state index contributed by atoms with van der Waals surface area (Å²) in [5.41, 5.74) is -1.26. The Kier molecular flexibility index (Phi) is 5.13. The molecule has 21 heavy (non-hydrogen) atoms. The zero-order chi connectivity index (χ0) is 16.3. The van der Waals surface area contributed by atoms with Crippen molar-refractivity contribution in [2.24, 2.45) is 0 Å². The molecule has 0 aliphatic rings. The predicted molar refractivity (Wildman–Crippen MR) is 68.0 cm³/mol. The van der Waals surface area contributed by atoms with E-state index in [1.807, 2.05) is 0 Å². The summed E-state index contributed by atoms with van der Waals surface area (Å²) in [7, 11) is -3.32. The Labute approximate surface area is 119 Å². The van der Waals surface area contributed by atoms with Gasteiger partial charge < -0.3 is 5.11 Å². The number of rotatable bonds is 5. The highest BCUT2D eigenvalue weighted by molar-refractivity contribution is 7.89. The molecular weight excluding hydrogens is 311 g/mol. The van der Waals surface area contributed by atoms with E-state index in [1.165, 1.54) is 6.07 Å². The van der Waals surface area contributed by atoms with Crippen molar-refractivity contribution < 1.29 is 31.5 Å². The summed E-state index contributed by atoms with van der Waals surface area (Å²) in [5.74, 6) is -1.28. The Balaban J connectivity index is 3.17. The van der Waals surface area contributed by atoms with Gasteiger partial charge in [-0.25, -0.2) is 13.2 Å². The maximum atomic E-state index is 12.8. The van der Waals surface area contributed by atoms with Crippen molar-refractivity contribution in [3.05, 3.63) is 42.0 Å². The SMILES string of the molecule is CN(CC=CC(=O)O)S(=O)(=O)c1ccccc1C(F)(F)F. The fourth-order valence-corrected chi connectivity index (χ4v) is 2.82. The average molecular weight is 323 g/mol. The van der Waals surface area contributed by atoms with Crippen LogP contribution in [0.25, 0.3) is 0 Å². The smallest absolute Gasteiger partial charge is 0.417 e. The number of aliphatic carboxylic acids is 1. The molecule has 1 rings (SSSR count). The van der Waals surface area contributed by atoms with Crippen molar-refractivity contribution in [1.82, 2.24) is 4.31 Å². The molecule has 1 aromatic rings. The van der Waals surface area contributed by atoms with Crippen LogP contribution in [0.5, 0.6) is 0 Å². The average Bonchev–Trinajstić information content (AvgIpc) is 2.37. The normalized spacial score (nSPS) is 13.0. The molecule has 0 aliphatic heterocycles. The highest BCUT2D eigenvalue weighted by atomic mass is 32.2. The van der Waals surface area contributed by atoms with Gasteiger partial charge in [0.05, 0.1) is 10.5 Å². The van der Waals surface area contributed by atoms with Crippen LogP contribution in [0.2, 0.25) is 0 Å². The first kappa shape index (κ1) is 17.2. The standard InChI is InChI=1S/C12H12F3NO4S/c1-16(8-4-7-11(17)18)21(19,20)10-6-3-2-5-9(10)12(13,14)15/h2-7H,8H2,1H3,(H,17,18). The van der Waals surface area contributed by atoms with Crippen molar-refractivity contribution in [1.29, 1.82) is 0 Å². The van der Waals surface area contributed by atoms with Gasteiger partial charge in [0.15, 0.2) is 0 Å². The summed E-state index contributed by atoms with van der Waals surface area (Å²) in [4.78, 5) is 9.41. The number of hydrogen-bond donors (Lipinski definition) is 1. The Bertz CT molecular complexity index is 653. The van der Waals surface area contributed by atoms with Crippen LogP contribution >= 0.6 is 0 Å². The molecule has 0 unspecified atom stereocenters. The van der Waals surface area contributed by atoms with Crippen LogP contribution in [0.1, 0.15) is 5.56 Å². The van der Waals surface area contributed by atoms with Crippen LogP contribution in [0.4, 0.5) is 13.2 Å². The topological polar surface area (TPSA) is 74.7 Å². The molecule has 1 aromatic carbocycles. The molecule has 0 fully saturated rings. The fourth-order valence-electron chi connectivity index (χ4n) is 1.49. The van der Waals surface area contributed by atoms with E-state index in [4.69, 9.17) is 5.11 Å². The number of halogens is 3. The van der Waals surface area contributed by atoms with E-state index in [9.17, 15) is 26.4 Å². The van der Waals surface area contributed by atoms with Gasteiger partial charge in [-0.3, -0.25) is 0 Å². The quantitative estimate of drug-likeness (QED) is 0.841. The molecule has 0 heterocycles. The highest BCUT2D eigenvalue weighted by Crippen LogP contribution is 2.34. The largest absolute Gasteiger partial charge is 0.478 e. The molecule has 1 N–H and O–H groups in total. The van der Waals surface area contributed by atoms with Gasteiger partial charge in [-0.15, -0.1) is 0 Å². The van der Waals surface area contributed by atoms with Gasteiger partial charge in [0.25, 0.3) is 0 Å². The first-order valence-corrected chi connectivity index (χ1v) is 7.03. The van der Waals surface area contributed by atoms with E-state index < -0.39 is 32.6 Å². The van der Waals surface area contributed by atoms with Crippen LogP contribution < -0.4 is 0 Å². The molecule has 0 spiro atoms. The highest BCUT2D eigenvalue weighted by Gasteiger charge is 2.37. The fraction of sp³-hybridized carbons (Fsp3) is 0.250. The zero-order valence-electron chi connectivity index (χ0n) is 10.8. The number of carboxylic acid groups (broad SMARTS) is 1. The van der Waals surface area contributed by atoms with Crippen LogP contribution in [0.3, 0.4) is 0 Å². The number of sulfonamides is 1. The summed E-state index contributed by atoms with van der Waals surface area (Å²) in [6, 6.07) is 3.80. The monoisotopic (exact) mass is 323 g/mol. The van der Waals surface area contributed by atoms with Crippen LogP contribution in [0.15, 0.2) is 41.3 Å². The molecule has 0 atom stereocenters. The minimum atomic E-state index is -4.80. The Morgan fingerprint density at radius 1 is 1.33 bits per heavy atom. The van der Waals surface area contributed by atoms with E-state index >= 15 is 0 Å². The molecule has 116 valence electrons. The van der Waals surface area contributed by atoms with E-state index in [1.54, 1.807) is 0 Å². The van der Waals surface area contributed by atoms with Gasteiger partial charge in [0, 0.05) is 19.7 Å². The molecule has 0 amide bonds. The van der Waals surface area contributed by atoms with Crippen LogP contribution in [-0.2, 0) is 21.0 Å². The molecule has 0 radical (unpaired) electrons. The first-order chi connectivity index (χ1) is 9.56. The van der Waals surface area contributed by atoms with Crippen molar-refractivity contribution >= 4 is 16.0 Å². The van der Waals surface area contributed by atoms with Crippen molar-refractivity contribution in [3.8, 4) is 0 Å². The number of carbonyl (C=O) groups is 1. The number of nitrogens with zero attached hydrogens (tertiary/aromatic N) is 1. The number of alkyl halides is 3. The Morgan fingerprint density at radius 3 is 2.43 bits per heavy atom. The predicted octanol–water partition coefficient (Wildman–Crippen LogP) is 1.97. The van der Waals surface area contributed by atoms with Crippen molar-refractivity contribution in [2.45, 2.75) is 11.1 Å². The third-order valence-electron chi connectivity index (χ3n) is 2.50. The van der Waals surface area contributed by atoms with E-state index in [0.717, 1.165) is 25.3 Å². The lowest BCUT2D eigenvalue weighted by Crippen LogP contribution is -2.29. The lowest BCUT2D eigenvalue weighted by atomic mass is 10.2. The van der Waals surface area contributed by atoms with Crippen molar-refractivity contribution in [2.75, 3.05) is 13.6 Å². The second-order valence-corrected chi connectivity index (χ2v) is 6.03. The first-order valence-electron chi connectivity index (χ1n) is 5.59. The Morgan fingerprint density at radius 2 is 1.90 bits per heavy atom. The zero-order valence-corrected chi connectivity index (χ0v) is 11.6. The Hall–Kier alpha value is -1.87. The summed E-state index contributed by atoms with van der Waals surface area (Å²) in [5, 5.41) is 8.39. The number of carboxylic acids is 1. The lowest BCUT2D eigenvalue weighted by Gasteiger charge is -2.18. The molecule has 5 nitrogen and oxygen atoms in total. The molecule has 0 aliphatic carbocycles. The molecule has 0 saturated carbocycles. The second-order valence-electron chi connectivity index (χ2n) is 4.02. The van der Waals surface area contributed by atoms with Gasteiger partial charge in [-0.1, -0.05) is 18.2 Å². The van der Waals surface area contributed by atoms with E-state index in [2.05, 4.69) is 0 Å². The number of benzene rings is 1. The van der Waals surface area contributed by atoms with Gasteiger partial charge >= 0.3 is 12.1 Å². The summed E-state index contributed by atoms with van der Waals surface area (Å²) in [6.07, 6.45) is -3.07. The summed E-state index contributed by atoms with van der Waals surface area (Å²) < 4.78 is 63.4. The lowest BCUT2D eigenvalue weighted by molar-refractivity contribution is -0.140. The van der Waals surface area contributed by atoms with Crippen LogP contribution in [-0.4, -0.2) is 37.4 Å². The van der Waals surface area contributed by atoms with Gasteiger partial charge in [0.1, 0.15) is 0 Å². The van der Waals surface area contributed by atoms with E-state index in [0.29, 0.717) is 16.4 Å². The summed E-state index contributed by atoms with van der Waals surface area (Å²) >= 11 is 0. The van der Waals surface area contributed by atoms with Gasteiger partial charge in [-0.05, 0) is 12.1 Å². The molecular formula is C12H12F3NO4S. The summed E-state index contributed by atoms with van der Waals surface area (Å²) in [6.45, 7) is -0.360. The second kappa shape index (κ2) is 6.27. The van der Waals surface area contributed by atoms with Gasteiger partial charge in [0.2, 0.25) is 10.0 Å². The molecule has 9 heteroatoms. The minimum Gasteiger partial charge on any atom is -0.478 e.